The molecule has 1 N–H and O–H groups in total. The normalized spacial score (nSPS) is 18.6. The summed E-state index contributed by atoms with van der Waals surface area (Å²) in [5, 5.41) is 9.23. The van der Waals surface area contributed by atoms with Crippen molar-refractivity contribution >= 4 is 0 Å². The molecule has 1 saturated carbocycles. The molecule has 0 radical (unpaired) electrons. The van der Waals surface area contributed by atoms with Gasteiger partial charge in [0.05, 0.1) is 0 Å². The summed E-state index contributed by atoms with van der Waals surface area (Å²) in [6.45, 7) is 0.0147. The van der Waals surface area contributed by atoms with Gasteiger partial charge in [-0.2, -0.15) is 0 Å². The maximum absolute atomic E-state index is 13.4. The number of hydrogen-bond donors (Lipinski definition) is 1. The highest BCUT2D eigenvalue weighted by molar-refractivity contribution is 5.22. The smallest absolute Gasteiger partial charge is 0.129 e. The van der Waals surface area contributed by atoms with Crippen LogP contribution in [-0.4, -0.2) is 11.7 Å². The number of benzene rings is 1. The predicted molar refractivity (Wildman–Crippen MR) is 53.4 cm³/mol. The molecule has 0 spiro atoms. The van der Waals surface area contributed by atoms with Crippen LogP contribution >= 0.6 is 0 Å². The molecule has 0 aliphatic heterocycles. The van der Waals surface area contributed by atoms with E-state index >= 15 is 0 Å². The second-order valence-corrected chi connectivity index (χ2v) is 4.39. The molecule has 0 aromatic heterocycles. The van der Waals surface area contributed by atoms with E-state index in [1.165, 1.54) is 18.2 Å². The Bertz CT molecular complexity index is 333. The Labute approximate surface area is 87.7 Å². The van der Waals surface area contributed by atoms with Crippen molar-refractivity contribution in [2.75, 3.05) is 6.61 Å². The van der Waals surface area contributed by atoms with Gasteiger partial charge in [0.15, 0.2) is 0 Å². The average molecular weight is 212 g/mol. The fourth-order valence-electron chi connectivity index (χ4n) is 2.14. The fraction of sp³-hybridized carbons (Fsp3) is 0.500. The number of hydrogen-bond acceptors (Lipinski definition) is 1. The van der Waals surface area contributed by atoms with E-state index in [1.807, 2.05) is 0 Å². The predicted octanol–water partition coefficient (Wildman–Crippen LogP) is 2.67. The van der Waals surface area contributed by atoms with Crippen LogP contribution in [0, 0.1) is 17.0 Å². The quantitative estimate of drug-likeness (QED) is 0.816. The van der Waals surface area contributed by atoms with Gasteiger partial charge in [-0.25, -0.2) is 8.78 Å². The first-order valence-electron chi connectivity index (χ1n) is 5.21. The summed E-state index contributed by atoms with van der Waals surface area (Å²) < 4.78 is 26.7. The highest BCUT2D eigenvalue weighted by atomic mass is 19.1. The minimum absolute atomic E-state index is 0.0147. The lowest BCUT2D eigenvalue weighted by Gasteiger charge is -2.40. The van der Waals surface area contributed by atoms with Gasteiger partial charge in [-0.3, -0.25) is 0 Å². The number of rotatable bonds is 3. The molecule has 1 fully saturated rings. The Kier molecular flexibility index (Phi) is 2.74. The van der Waals surface area contributed by atoms with Gasteiger partial charge in [-0.15, -0.1) is 0 Å². The molecular formula is C12H14F2O. The fourth-order valence-corrected chi connectivity index (χ4v) is 2.14. The summed E-state index contributed by atoms with van der Waals surface area (Å²) in [7, 11) is 0. The molecule has 0 unspecified atom stereocenters. The van der Waals surface area contributed by atoms with Gasteiger partial charge in [-0.1, -0.05) is 12.5 Å². The first kappa shape index (κ1) is 10.6. The van der Waals surface area contributed by atoms with Gasteiger partial charge >= 0.3 is 0 Å². The summed E-state index contributed by atoms with van der Waals surface area (Å²) in [5.41, 5.74) is -0.158. The molecule has 0 atom stereocenters. The second kappa shape index (κ2) is 3.89. The lowest BCUT2D eigenvalue weighted by Crippen LogP contribution is -2.36. The number of aliphatic hydroxyl groups is 1. The Morgan fingerprint density at radius 2 is 1.80 bits per heavy atom. The van der Waals surface area contributed by atoms with Gasteiger partial charge in [0.1, 0.15) is 11.6 Å². The highest BCUT2D eigenvalue weighted by Crippen LogP contribution is 2.43. The number of aliphatic hydroxyl groups excluding tert-OH is 1. The molecule has 0 amide bonds. The Balaban J connectivity index is 2.23. The third kappa shape index (κ3) is 1.88. The second-order valence-electron chi connectivity index (χ2n) is 4.39. The van der Waals surface area contributed by atoms with Gasteiger partial charge in [0, 0.05) is 12.2 Å². The molecule has 2 rings (SSSR count). The van der Waals surface area contributed by atoms with Crippen LogP contribution < -0.4 is 0 Å². The van der Waals surface area contributed by atoms with Crippen molar-refractivity contribution in [3.05, 3.63) is 35.4 Å². The first-order chi connectivity index (χ1) is 7.17. The topological polar surface area (TPSA) is 20.2 Å². The van der Waals surface area contributed by atoms with Crippen LogP contribution in [0.15, 0.2) is 18.2 Å². The zero-order valence-corrected chi connectivity index (χ0v) is 8.47. The van der Waals surface area contributed by atoms with E-state index in [-0.39, 0.29) is 17.6 Å². The Hall–Kier alpha value is -0.960. The van der Waals surface area contributed by atoms with E-state index in [4.69, 9.17) is 0 Å². The average Bonchev–Trinajstić information content (AvgIpc) is 2.15. The molecule has 0 saturated heterocycles. The van der Waals surface area contributed by atoms with Gasteiger partial charge in [-0.05, 0) is 36.8 Å². The molecule has 3 heteroatoms. The van der Waals surface area contributed by atoms with Crippen LogP contribution in [0.4, 0.5) is 8.78 Å². The van der Waals surface area contributed by atoms with Crippen LogP contribution in [0.1, 0.15) is 24.8 Å². The van der Waals surface area contributed by atoms with E-state index in [0.29, 0.717) is 6.42 Å². The van der Waals surface area contributed by atoms with Crippen LogP contribution in [0.5, 0.6) is 0 Å². The van der Waals surface area contributed by atoms with Gasteiger partial charge in [0.25, 0.3) is 0 Å². The van der Waals surface area contributed by atoms with Crippen molar-refractivity contribution in [1.29, 1.82) is 0 Å². The van der Waals surface area contributed by atoms with Crippen molar-refractivity contribution in [2.45, 2.75) is 25.7 Å². The van der Waals surface area contributed by atoms with E-state index in [9.17, 15) is 13.9 Å². The summed E-state index contributed by atoms with van der Waals surface area (Å²) in [5.74, 6) is -1.01. The third-order valence-corrected chi connectivity index (χ3v) is 3.36. The standard InChI is InChI=1S/C12H14F2O/c13-10-3-1-4-11(14)9(10)7-12(8-15)5-2-6-12/h1,3-4,15H,2,5-8H2. The Morgan fingerprint density at radius 1 is 1.20 bits per heavy atom. The Morgan fingerprint density at radius 3 is 2.20 bits per heavy atom. The van der Waals surface area contributed by atoms with E-state index in [1.54, 1.807) is 0 Å². The van der Waals surface area contributed by atoms with Gasteiger partial charge < -0.3 is 5.11 Å². The molecule has 0 bridgehead atoms. The lowest BCUT2D eigenvalue weighted by molar-refractivity contribution is 0.0434. The zero-order chi connectivity index (χ0) is 10.9. The van der Waals surface area contributed by atoms with Crippen molar-refractivity contribution in [2.24, 2.45) is 5.41 Å². The highest BCUT2D eigenvalue weighted by Gasteiger charge is 2.37. The van der Waals surface area contributed by atoms with Crippen molar-refractivity contribution in [3.8, 4) is 0 Å². The van der Waals surface area contributed by atoms with Crippen LogP contribution in [0.25, 0.3) is 0 Å². The SMILES string of the molecule is OCC1(Cc2c(F)cccc2F)CCC1. The van der Waals surface area contributed by atoms with Crippen LogP contribution in [-0.2, 0) is 6.42 Å². The van der Waals surface area contributed by atoms with Crippen molar-refractivity contribution in [1.82, 2.24) is 0 Å². The molecule has 1 nitrogen and oxygen atoms in total. The van der Waals surface area contributed by atoms with Crippen molar-refractivity contribution in [3.63, 3.8) is 0 Å². The maximum Gasteiger partial charge on any atom is 0.129 e. The molecule has 0 heterocycles. The van der Waals surface area contributed by atoms with E-state index in [0.717, 1.165) is 19.3 Å². The first-order valence-corrected chi connectivity index (χ1v) is 5.21. The molecule has 1 aromatic rings. The monoisotopic (exact) mass is 212 g/mol. The third-order valence-electron chi connectivity index (χ3n) is 3.36. The maximum atomic E-state index is 13.4. The molecular weight excluding hydrogens is 198 g/mol. The molecule has 1 aliphatic carbocycles. The zero-order valence-electron chi connectivity index (χ0n) is 8.47. The van der Waals surface area contributed by atoms with Crippen LogP contribution in [0.3, 0.4) is 0 Å². The molecule has 1 aromatic carbocycles. The molecule has 1 aliphatic rings. The largest absolute Gasteiger partial charge is 0.396 e. The van der Waals surface area contributed by atoms with Crippen LogP contribution in [0.2, 0.25) is 0 Å². The lowest BCUT2D eigenvalue weighted by atomic mass is 9.66. The molecule has 82 valence electrons. The number of halogens is 2. The summed E-state index contributed by atoms with van der Waals surface area (Å²) in [4.78, 5) is 0. The van der Waals surface area contributed by atoms with E-state index in [2.05, 4.69) is 0 Å². The summed E-state index contributed by atoms with van der Waals surface area (Å²) in [6, 6.07) is 3.89. The van der Waals surface area contributed by atoms with Gasteiger partial charge in [0.2, 0.25) is 0 Å². The minimum atomic E-state index is -0.505. The molecule has 15 heavy (non-hydrogen) atoms. The summed E-state index contributed by atoms with van der Waals surface area (Å²) >= 11 is 0. The van der Waals surface area contributed by atoms with E-state index < -0.39 is 11.6 Å². The minimum Gasteiger partial charge on any atom is -0.396 e. The summed E-state index contributed by atoms with van der Waals surface area (Å²) in [6.07, 6.45) is 3.06. The van der Waals surface area contributed by atoms with Crippen molar-refractivity contribution < 1.29 is 13.9 Å².